The fourth-order valence-corrected chi connectivity index (χ4v) is 5.28. The molecule has 2 aliphatic carbocycles. The fourth-order valence-electron chi connectivity index (χ4n) is 5.28. The van der Waals surface area contributed by atoms with Crippen molar-refractivity contribution < 1.29 is 10.2 Å². The molecule has 0 saturated heterocycles. The Kier molecular flexibility index (Phi) is 6.32. The molecule has 4 atom stereocenters. The van der Waals surface area contributed by atoms with Gasteiger partial charge in [-0.1, -0.05) is 53.5 Å². The third-order valence-corrected chi connectivity index (χ3v) is 6.94. The van der Waals surface area contributed by atoms with Crippen LogP contribution in [0.3, 0.4) is 0 Å². The van der Waals surface area contributed by atoms with Crippen LogP contribution in [-0.2, 0) is 0 Å². The third-order valence-electron chi connectivity index (χ3n) is 6.94. The van der Waals surface area contributed by atoms with E-state index in [0.29, 0.717) is 11.1 Å². The quantitative estimate of drug-likeness (QED) is 0.416. The van der Waals surface area contributed by atoms with Crippen LogP contribution in [0.25, 0.3) is 0 Å². The van der Waals surface area contributed by atoms with Gasteiger partial charge in [0, 0.05) is 28.5 Å². The van der Waals surface area contributed by atoms with Crippen molar-refractivity contribution in [3.8, 4) is 23.8 Å². The van der Waals surface area contributed by atoms with Crippen molar-refractivity contribution in [2.75, 3.05) is 0 Å². The summed E-state index contributed by atoms with van der Waals surface area (Å²) in [6.45, 7) is 16.7. The van der Waals surface area contributed by atoms with Crippen LogP contribution >= 0.6 is 0 Å². The van der Waals surface area contributed by atoms with E-state index in [9.17, 15) is 10.2 Å². The van der Waals surface area contributed by atoms with E-state index in [4.69, 9.17) is 6.42 Å². The topological polar surface area (TPSA) is 40.5 Å². The first-order valence-corrected chi connectivity index (χ1v) is 10.9. The number of aromatic hydroxyl groups is 2. The second-order valence-electron chi connectivity index (χ2n) is 9.32. The van der Waals surface area contributed by atoms with Crippen molar-refractivity contribution in [2.45, 2.75) is 65.2 Å². The number of terminal acetylenes is 1. The van der Waals surface area contributed by atoms with Gasteiger partial charge in [0.2, 0.25) is 0 Å². The smallest absolute Gasteiger partial charge is 0.128 e. The molecule has 158 valence electrons. The molecule has 0 fully saturated rings. The summed E-state index contributed by atoms with van der Waals surface area (Å²) in [4.78, 5) is 0. The zero-order chi connectivity index (χ0) is 22.2. The van der Waals surface area contributed by atoms with Crippen molar-refractivity contribution in [3.05, 3.63) is 70.4 Å². The molecule has 3 rings (SSSR count). The highest BCUT2D eigenvalue weighted by molar-refractivity contribution is 5.62. The van der Waals surface area contributed by atoms with E-state index in [2.05, 4.69) is 45.1 Å². The van der Waals surface area contributed by atoms with Gasteiger partial charge in [-0.15, -0.1) is 6.42 Å². The Hall–Kier alpha value is -2.66. The average Bonchev–Trinajstić information content (AvgIpc) is 2.67. The Morgan fingerprint density at radius 2 is 1.40 bits per heavy atom. The minimum atomic E-state index is -0.112. The van der Waals surface area contributed by atoms with Crippen molar-refractivity contribution in [3.63, 3.8) is 0 Å². The number of phenols is 2. The Balaban J connectivity index is 2.27. The highest BCUT2D eigenvalue weighted by Gasteiger charge is 2.35. The number of allylic oxidation sites excluding steroid dienone is 6. The van der Waals surface area contributed by atoms with Gasteiger partial charge in [0.15, 0.2) is 0 Å². The molecular formula is C28H34O2. The van der Waals surface area contributed by atoms with Crippen molar-refractivity contribution in [1.29, 1.82) is 0 Å². The Morgan fingerprint density at radius 1 is 0.933 bits per heavy atom. The van der Waals surface area contributed by atoms with Gasteiger partial charge in [0.25, 0.3) is 0 Å². The number of rotatable bonds is 4. The number of benzene rings is 1. The molecule has 2 heteroatoms. The summed E-state index contributed by atoms with van der Waals surface area (Å²) < 4.78 is 0. The van der Waals surface area contributed by atoms with Gasteiger partial charge < -0.3 is 10.2 Å². The van der Waals surface area contributed by atoms with Gasteiger partial charge in [-0.25, -0.2) is 0 Å². The summed E-state index contributed by atoms with van der Waals surface area (Å²) in [7, 11) is 0. The van der Waals surface area contributed by atoms with Crippen LogP contribution in [0.15, 0.2) is 53.7 Å². The van der Waals surface area contributed by atoms with Crippen molar-refractivity contribution >= 4 is 0 Å². The van der Waals surface area contributed by atoms with Crippen LogP contribution in [0.4, 0.5) is 0 Å². The van der Waals surface area contributed by atoms with E-state index in [1.807, 2.05) is 13.8 Å². The van der Waals surface area contributed by atoms with Crippen LogP contribution < -0.4 is 0 Å². The van der Waals surface area contributed by atoms with Gasteiger partial charge in [-0.2, -0.15) is 0 Å². The summed E-state index contributed by atoms with van der Waals surface area (Å²) in [5, 5.41) is 22.5. The maximum Gasteiger partial charge on any atom is 0.128 e. The molecule has 0 saturated carbocycles. The van der Waals surface area contributed by atoms with E-state index in [0.717, 1.165) is 42.4 Å². The van der Waals surface area contributed by atoms with Gasteiger partial charge in [-0.3, -0.25) is 0 Å². The summed E-state index contributed by atoms with van der Waals surface area (Å²) >= 11 is 0. The normalized spacial score (nSPS) is 26.4. The van der Waals surface area contributed by atoms with Gasteiger partial charge >= 0.3 is 0 Å². The number of hydrogen-bond acceptors (Lipinski definition) is 2. The minimum absolute atomic E-state index is 0.0430. The SMILES string of the molecule is C#Cc1cc(O)c([C@@H]2C=C(C)CC[C@@H]2C(=C)C)c(O)c1[C@@H]1C=C(C)CC[C@H]1C(=C)C. The predicted molar refractivity (Wildman–Crippen MR) is 126 cm³/mol. The molecule has 2 nitrogen and oxygen atoms in total. The molecule has 1 aromatic carbocycles. The van der Waals surface area contributed by atoms with Gasteiger partial charge in [0.1, 0.15) is 11.5 Å². The standard InChI is InChI=1S/C28H34O2/c1-8-20-15-25(29)27(24-14-19(7)10-12-22(24)17(4)5)28(30)26(20)23-13-18(6)9-11-21(23)16(2)3/h1,13-15,21-24,29-30H,2,4,9-12H2,3,5-7H3/t21-,22+,23+,24+/m0/s1. The first-order valence-electron chi connectivity index (χ1n) is 10.9. The molecule has 1 aromatic rings. The molecule has 0 heterocycles. The Bertz CT molecular complexity index is 983. The van der Waals surface area contributed by atoms with Gasteiger partial charge in [-0.05, 0) is 71.3 Å². The first kappa shape index (κ1) is 22.0. The molecule has 0 unspecified atom stereocenters. The van der Waals surface area contributed by atoms with Gasteiger partial charge in [0.05, 0.1) is 0 Å². The maximum atomic E-state index is 11.6. The van der Waals surface area contributed by atoms with E-state index >= 15 is 0 Å². The largest absolute Gasteiger partial charge is 0.507 e. The summed E-state index contributed by atoms with van der Waals surface area (Å²) in [5.41, 5.74) is 6.60. The molecule has 30 heavy (non-hydrogen) atoms. The van der Waals surface area contributed by atoms with Crippen LogP contribution in [-0.4, -0.2) is 10.2 Å². The minimum Gasteiger partial charge on any atom is -0.507 e. The summed E-state index contributed by atoms with van der Waals surface area (Å²) in [5.74, 6) is 3.14. The second-order valence-corrected chi connectivity index (χ2v) is 9.32. The highest BCUT2D eigenvalue weighted by Crippen LogP contribution is 2.52. The molecule has 0 radical (unpaired) electrons. The zero-order valence-corrected chi connectivity index (χ0v) is 18.8. The van der Waals surface area contributed by atoms with Crippen molar-refractivity contribution in [2.24, 2.45) is 11.8 Å². The molecule has 0 amide bonds. The lowest BCUT2D eigenvalue weighted by Gasteiger charge is -2.35. The van der Waals surface area contributed by atoms with Crippen LogP contribution in [0.1, 0.15) is 81.9 Å². The molecule has 0 spiro atoms. The summed E-state index contributed by atoms with van der Waals surface area (Å²) in [6, 6.07) is 1.66. The lowest BCUT2D eigenvalue weighted by molar-refractivity contribution is 0.394. The van der Waals surface area contributed by atoms with Crippen LogP contribution in [0.5, 0.6) is 11.5 Å². The average molecular weight is 403 g/mol. The van der Waals surface area contributed by atoms with E-state index in [-0.39, 0.29) is 35.2 Å². The maximum absolute atomic E-state index is 11.6. The molecule has 0 aliphatic heterocycles. The lowest BCUT2D eigenvalue weighted by Crippen LogP contribution is -2.20. The van der Waals surface area contributed by atoms with E-state index in [1.165, 1.54) is 11.1 Å². The van der Waals surface area contributed by atoms with E-state index < -0.39 is 0 Å². The first-order chi connectivity index (χ1) is 14.1. The monoisotopic (exact) mass is 402 g/mol. The van der Waals surface area contributed by atoms with Crippen LogP contribution in [0, 0.1) is 24.2 Å². The number of phenolic OH excluding ortho intramolecular Hbond substituents is 2. The number of hydrogen-bond donors (Lipinski definition) is 2. The fraction of sp³-hybridized carbons (Fsp3) is 0.429. The molecule has 0 aromatic heterocycles. The van der Waals surface area contributed by atoms with Crippen LogP contribution in [0.2, 0.25) is 0 Å². The molecular weight excluding hydrogens is 368 g/mol. The highest BCUT2D eigenvalue weighted by atomic mass is 16.3. The molecule has 0 bridgehead atoms. The van der Waals surface area contributed by atoms with E-state index in [1.54, 1.807) is 6.07 Å². The Labute approximate surface area is 181 Å². The zero-order valence-electron chi connectivity index (χ0n) is 18.8. The second kappa shape index (κ2) is 8.60. The Morgan fingerprint density at radius 3 is 1.83 bits per heavy atom. The molecule has 2 aliphatic rings. The lowest BCUT2D eigenvalue weighted by atomic mass is 9.70. The third kappa shape index (κ3) is 3.99. The molecule has 2 N–H and O–H groups in total. The predicted octanol–water partition coefficient (Wildman–Crippen LogP) is 7.11. The summed E-state index contributed by atoms with van der Waals surface area (Å²) in [6.07, 6.45) is 14.2. The van der Waals surface area contributed by atoms with Crippen molar-refractivity contribution in [1.82, 2.24) is 0 Å².